The van der Waals surface area contributed by atoms with Gasteiger partial charge in [0.1, 0.15) is 17.1 Å². The van der Waals surface area contributed by atoms with E-state index in [1.54, 1.807) is 18.5 Å². The number of benzene rings is 1. The van der Waals surface area contributed by atoms with Gasteiger partial charge in [-0.05, 0) is 32.9 Å². The van der Waals surface area contributed by atoms with Crippen LogP contribution in [0.5, 0.6) is 5.75 Å². The number of aromatic nitrogens is 4. The summed E-state index contributed by atoms with van der Waals surface area (Å²) < 4.78 is 7.97. The van der Waals surface area contributed by atoms with Gasteiger partial charge in [-0.25, -0.2) is 4.98 Å². The van der Waals surface area contributed by atoms with Crippen molar-refractivity contribution < 1.29 is 14.6 Å². The Balaban J connectivity index is 1.32. The minimum atomic E-state index is -0.324. The van der Waals surface area contributed by atoms with E-state index in [2.05, 4.69) is 44.3 Å². The lowest BCUT2D eigenvalue weighted by molar-refractivity contribution is -0.0103. The van der Waals surface area contributed by atoms with Crippen molar-refractivity contribution in [2.24, 2.45) is 0 Å². The van der Waals surface area contributed by atoms with Gasteiger partial charge in [0.2, 0.25) is 0 Å². The highest BCUT2D eigenvalue weighted by atomic mass is 16.5. The number of ether oxygens (including phenoxy) is 1. The van der Waals surface area contributed by atoms with Crippen molar-refractivity contribution in [3.8, 4) is 5.75 Å². The predicted octanol–water partition coefficient (Wildman–Crippen LogP) is 2.93. The molecule has 1 aromatic carbocycles. The number of fused-ring (bicyclic) bond motifs is 2. The molecule has 1 aliphatic heterocycles. The van der Waals surface area contributed by atoms with Crippen molar-refractivity contribution in [3.63, 3.8) is 0 Å². The van der Waals surface area contributed by atoms with Crippen LogP contribution in [0, 0.1) is 6.92 Å². The summed E-state index contributed by atoms with van der Waals surface area (Å²) in [5.74, 6) is 0.296. The van der Waals surface area contributed by atoms with Crippen LogP contribution in [0.1, 0.15) is 42.7 Å². The second-order valence-electron chi connectivity index (χ2n) is 10.3. The monoisotopic (exact) mass is 501 g/mol. The van der Waals surface area contributed by atoms with Crippen LogP contribution >= 0.6 is 0 Å². The van der Waals surface area contributed by atoms with Crippen LogP contribution in [-0.2, 0) is 0 Å². The number of imidazole rings is 1. The maximum absolute atomic E-state index is 13.5. The van der Waals surface area contributed by atoms with Crippen LogP contribution in [0.3, 0.4) is 0 Å². The SMILES string of the molecule is Cc1cn2cc(NC(=O)c3ccc(N4C[C@@H](C)N[C@@H](C)C4)c4nccnc34)cc(OC3CC(O)C3)c2n1. The molecule has 4 aromatic rings. The van der Waals surface area contributed by atoms with Crippen LogP contribution < -0.4 is 20.3 Å². The van der Waals surface area contributed by atoms with E-state index in [1.165, 1.54) is 0 Å². The molecular formula is C27H31N7O3. The molecule has 10 nitrogen and oxygen atoms in total. The van der Waals surface area contributed by atoms with E-state index in [-0.39, 0.29) is 18.1 Å². The highest BCUT2D eigenvalue weighted by Crippen LogP contribution is 2.32. The van der Waals surface area contributed by atoms with E-state index < -0.39 is 0 Å². The van der Waals surface area contributed by atoms with Gasteiger partial charge in [0.15, 0.2) is 11.4 Å². The molecule has 1 amide bonds. The highest BCUT2D eigenvalue weighted by molar-refractivity contribution is 6.13. The third kappa shape index (κ3) is 4.58. The molecule has 0 radical (unpaired) electrons. The molecule has 1 saturated carbocycles. The second-order valence-corrected chi connectivity index (χ2v) is 10.3. The zero-order chi connectivity index (χ0) is 25.7. The second kappa shape index (κ2) is 9.28. The van der Waals surface area contributed by atoms with Crippen LogP contribution in [0.4, 0.5) is 11.4 Å². The highest BCUT2D eigenvalue weighted by Gasteiger charge is 2.30. The summed E-state index contributed by atoms with van der Waals surface area (Å²) in [5, 5.41) is 16.2. The number of nitrogens with one attached hydrogen (secondary N) is 2. The molecule has 37 heavy (non-hydrogen) atoms. The Morgan fingerprint density at radius 1 is 1.11 bits per heavy atom. The summed E-state index contributed by atoms with van der Waals surface area (Å²) in [4.78, 5) is 29.5. The number of aliphatic hydroxyl groups is 1. The molecule has 2 fully saturated rings. The van der Waals surface area contributed by atoms with Crippen LogP contribution in [0.25, 0.3) is 16.7 Å². The number of hydrogen-bond donors (Lipinski definition) is 3. The molecule has 1 aliphatic carbocycles. The summed E-state index contributed by atoms with van der Waals surface area (Å²) in [7, 11) is 0. The maximum atomic E-state index is 13.5. The van der Waals surface area contributed by atoms with Crippen molar-refractivity contribution in [3.05, 3.63) is 54.2 Å². The number of aliphatic hydroxyl groups excluding tert-OH is 1. The molecule has 0 spiro atoms. The predicted molar refractivity (Wildman–Crippen MR) is 141 cm³/mol. The van der Waals surface area contributed by atoms with Crippen molar-refractivity contribution in [2.45, 2.75) is 57.9 Å². The molecule has 3 N–H and O–H groups in total. The van der Waals surface area contributed by atoms with Gasteiger partial charge < -0.3 is 29.8 Å². The Morgan fingerprint density at radius 2 is 1.84 bits per heavy atom. The maximum Gasteiger partial charge on any atom is 0.257 e. The fourth-order valence-electron chi connectivity index (χ4n) is 5.36. The lowest BCUT2D eigenvalue weighted by Gasteiger charge is -2.38. The van der Waals surface area contributed by atoms with E-state index in [4.69, 9.17) is 4.74 Å². The van der Waals surface area contributed by atoms with Crippen molar-refractivity contribution >= 4 is 34.0 Å². The largest absolute Gasteiger partial charge is 0.486 e. The quantitative estimate of drug-likeness (QED) is 0.382. The van der Waals surface area contributed by atoms with Gasteiger partial charge in [0.25, 0.3) is 5.91 Å². The van der Waals surface area contributed by atoms with Gasteiger partial charge in [-0.2, -0.15) is 0 Å². The van der Waals surface area contributed by atoms with Gasteiger partial charge in [-0.3, -0.25) is 14.8 Å². The first-order valence-electron chi connectivity index (χ1n) is 12.7. The third-order valence-corrected chi connectivity index (χ3v) is 7.01. The Kier molecular flexibility index (Phi) is 5.92. The summed E-state index contributed by atoms with van der Waals surface area (Å²) in [6.45, 7) is 7.96. The molecule has 3 aromatic heterocycles. The first-order valence-corrected chi connectivity index (χ1v) is 12.7. The third-order valence-electron chi connectivity index (χ3n) is 7.01. The van der Waals surface area contributed by atoms with E-state index in [0.29, 0.717) is 58.6 Å². The van der Waals surface area contributed by atoms with Crippen LogP contribution in [0.2, 0.25) is 0 Å². The van der Waals surface area contributed by atoms with Gasteiger partial charge in [0.05, 0.1) is 28.7 Å². The number of aryl methyl sites for hydroxylation is 1. The zero-order valence-electron chi connectivity index (χ0n) is 21.2. The Hall–Kier alpha value is -3.76. The number of hydrogen-bond acceptors (Lipinski definition) is 8. The van der Waals surface area contributed by atoms with E-state index in [9.17, 15) is 9.90 Å². The van der Waals surface area contributed by atoms with Crippen molar-refractivity contribution in [1.82, 2.24) is 24.7 Å². The molecule has 2 atom stereocenters. The number of anilines is 2. The molecule has 4 heterocycles. The molecule has 0 bridgehead atoms. The number of carbonyl (C=O) groups is 1. The standard InChI is InChI=1S/C27H31N7O3/c1-15-11-33(12-16(2)30-15)22-5-4-21(24-25(22)29-7-6-28-24)27(36)32-18-8-23(37-20-9-19(35)10-20)26-31-17(3)13-34(26)14-18/h4-8,13-16,19-20,30,35H,9-12H2,1-3H3,(H,32,36)/t15-,16+,19?,20?. The van der Waals surface area contributed by atoms with Crippen molar-refractivity contribution in [1.29, 1.82) is 0 Å². The van der Waals surface area contributed by atoms with E-state index in [0.717, 1.165) is 24.5 Å². The van der Waals surface area contributed by atoms with Crippen LogP contribution in [0.15, 0.2) is 43.0 Å². The number of rotatable bonds is 5. The van der Waals surface area contributed by atoms with E-state index >= 15 is 0 Å². The first-order chi connectivity index (χ1) is 17.8. The molecule has 0 unspecified atom stereocenters. The average molecular weight is 502 g/mol. The van der Waals surface area contributed by atoms with E-state index in [1.807, 2.05) is 35.9 Å². The van der Waals surface area contributed by atoms with Crippen LogP contribution in [-0.4, -0.2) is 67.7 Å². The summed E-state index contributed by atoms with van der Waals surface area (Å²) in [6.07, 6.45) is 7.78. The van der Waals surface area contributed by atoms with Gasteiger partial charge >= 0.3 is 0 Å². The fourth-order valence-corrected chi connectivity index (χ4v) is 5.36. The zero-order valence-corrected chi connectivity index (χ0v) is 21.2. The normalized spacial score (nSPS) is 23.7. The Bertz CT molecular complexity index is 1470. The topological polar surface area (TPSA) is 117 Å². The number of piperazine rings is 1. The average Bonchev–Trinajstić information content (AvgIpc) is 3.22. The van der Waals surface area contributed by atoms with Gasteiger partial charge in [0, 0.05) is 68.9 Å². The smallest absolute Gasteiger partial charge is 0.257 e. The Morgan fingerprint density at radius 3 is 2.57 bits per heavy atom. The number of pyridine rings is 1. The lowest BCUT2D eigenvalue weighted by Crippen LogP contribution is -2.54. The molecule has 10 heteroatoms. The molecular weight excluding hydrogens is 470 g/mol. The number of amides is 1. The number of carbonyl (C=O) groups excluding carboxylic acids is 1. The summed E-state index contributed by atoms with van der Waals surface area (Å²) in [5.41, 5.74) is 4.81. The Labute approximate surface area is 214 Å². The first kappa shape index (κ1) is 23.6. The van der Waals surface area contributed by atoms with Gasteiger partial charge in [-0.15, -0.1) is 0 Å². The summed E-state index contributed by atoms with van der Waals surface area (Å²) in [6, 6.07) is 6.28. The number of nitrogens with zero attached hydrogens (tertiary/aromatic N) is 5. The van der Waals surface area contributed by atoms with Crippen molar-refractivity contribution in [2.75, 3.05) is 23.3 Å². The lowest BCUT2D eigenvalue weighted by atomic mass is 9.92. The minimum absolute atomic E-state index is 0.0658. The molecule has 2 aliphatic rings. The minimum Gasteiger partial charge on any atom is -0.486 e. The summed E-state index contributed by atoms with van der Waals surface area (Å²) >= 11 is 0. The molecule has 1 saturated heterocycles. The fraction of sp³-hybridized carbons (Fsp3) is 0.407. The molecule has 6 rings (SSSR count). The molecule has 192 valence electrons. The van der Waals surface area contributed by atoms with Gasteiger partial charge in [-0.1, -0.05) is 0 Å².